The number of nitrogens with one attached hydrogen (secondary N) is 1. The van der Waals surface area contributed by atoms with Crippen LogP contribution >= 0.6 is 11.6 Å². The minimum atomic E-state index is -0.167. The topological polar surface area (TPSA) is 59.8 Å². The van der Waals surface area contributed by atoms with Crippen LogP contribution in [0.5, 0.6) is 0 Å². The first-order valence-corrected chi connectivity index (χ1v) is 6.67. The molecule has 5 nitrogen and oxygen atoms in total. The Morgan fingerprint density at radius 2 is 2.05 bits per heavy atom. The molecule has 106 valence electrons. The van der Waals surface area contributed by atoms with E-state index in [1.807, 2.05) is 25.6 Å². The SMILES string of the molecule is Cc1cc(C(=O)NCc2c(C)nn(C)c2C)cc(Cl)n1. The van der Waals surface area contributed by atoms with Crippen molar-refractivity contribution in [2.75, 3.05) is 0 Å². The van der Waals surface area contributed by atoms with Gasteiger partial charge in [0, 0.05) is 36.1 Å². The zero-order valence-electron chi connectivity index (χ0n) is 12.0. The van der Waals surface area contributed by atoms with Crippen molar-refractivity contribution in [3.8, 4) is 0 Å². The number of pyridine rings is 1. The predicted octanol–water partition coefficient (Wildman–Crippen LogP) is 2.32. The van der Waals surface area contributed by atoms with Crippen LogP contribution in [-0.4, -0.2) is 20.7 Å². The molecular formula is C14H17ClN4O. The number of halogens is 1. The van der Waals surface area contributed by atoms with Gasteiger partial charge >= 0.3 is 0 Å². The molecule has 0 bridgehead atoms. The van der Waals surface area contributed by atoms with E-state index in [0.29, 0.717) is 17.3 Å². The number of aryl methyl sites for hydroxylation is 3. The van der Waals surface area contributed by atoms with E-state index in [-0.39, 0.29) is 5.91 Å². The number of amides is 1. The molecule has 6 heteroatoms. The van der Waals surface area contributed by atoms with Gasteiger partial charge in [0.15, 0.2) is 0 Å². The summed E-state index contributed by atoms with van der Waals surface area (Å²) < 4.78 is 1.81. The second-order valence-corrected chi connectivity index (χ2v) is 5.16. The number of carbonyl (C=O) groups is 1. The Kier molecular flexibility index (Phi) is 4.09. The lowest BCUT2D eigenvalue weighted by Gasteiger charge is -2.07. The lowest BCUT2D eigenvalue weighted by molar-refractivity contribution is 0.0950. The van der Waals surface area contributed by atoms with Gasteiger partial charge in [-0.2, -0.15) is 5.10 Å². The van der Waals surface area contributed by atoms with Crippen molar-refractivity contribution in [1.82, 2.24) is 20.1 Å². The fourth-order valence-electron chi connectivity index (χ4n) is 2.10. The molecular weight excluding hydrogens is 276 g/mol. The zero-order chi connectivity index (χ0) is 14.9. The molecule has 0 aliphatic carbocycles. The Morgan fingerprint density at radius 3 is 2.60 bits per heavy atom. The summed E-state index contributed by atoms with van der Waals surface area (Å²) in [5.74, 6) is -0.167. The van der Waals surface area contributed by atoms with Crippen LogP contribution in [0.4, 0.5) is 0 Å². The monoisotopic (exact) mass is 292 g/mol. The van der Waals surface area contributed by atoms with Gasteiger partial charge in [-0.3, -0.25) is 9.48 Å². The van der Waals surface area contributed by atoms with Crippen LogP contribution in [0.25, 0.3) is 0 Å². The van der Waals surface area contributed by atoms with Crippen molar-refractivity contribution in [2.24, 2.45) is 7.05 Å². The van der Waals surface area contributed by atoms with Crippen molar-refractivity contribution in [3.05, 3.63) is 45.5 Å². The molecule has 1 N–H and O–H groups in total. The average molecular weight is 293 g/mol. The summed E-state index contributed by atoms with van der Waals surface area (Å²) in [6, 6.07) is 3.27. The second kappa shape index (κ2) is 5.63. The number of hydrogen-bond acceptors (Lipinski definition) is 3. The molecule has 1 amide bonds. The molecule has 0 aliphatic heterocycles. The lowest BCUT2D eigenvalue weighted by atomic mass is 10.2. The van der Waals surface area contributed by atoms with Gasteiger partial charge in [0.25, 0.3) is 5.91 Å². The Hall–Kier alpha value is -1.88. The van der Waals surface area contributed by atoms with Crippen LogP contribution in [0.2, 0.25) is 5.15 Å². The molecule has 0 aliphatic rings. The normalized spacial score (nSPS) is 10.7. The molecule has 0 saturated carbocycles. The maximum absolute atomic E-state index is 12.1. The van der Waals surface area contributed by atoms with E-state index in [4.69, 9.17) is 11.6 Å². The highest BCUT2D eigenvalue weighted by molar-refractivity contribution is 6.29. The van der Waals surface area contributed by atoms with Gasteiger partial charge < -0.3 is 5.32 Å². The van der Waals surface area contributed by atoms with E-state index < -0.39 is 0 Å². The Labute approximate surface area is 123 Å². The van der Waals surface area contributed by atoms with Gasteiger partial charge in [0.1, 0.15) is 5.15 Å². The minimum absolute atomic E-state index is 0.167. The lowest BCUT2D eigenvalue weighted by Crippen LogP contribution is -2.23. The Morgan fingerprint density at radius 1 is 1.35 bits per heavy atom. The average Bonchev–Trinajstić information content (AvgIpc) is 2.60. The highest BCUT2D eigenvalue weighted by Crippen LogP contribution is 2.13. The molecule has 20 heavy (non-hydrogen) atoms. The van der Waals surface area contributed by atoms with E-state index in [9.17, 15) is 4.79 Å². The summed E-state index contributed by atoms with van der Waals surface area (Å²) in [6.45, 7) is 6.16. The molecule has 0 unspecified atom stereocenters. The number of rotatable bonds is 3. The van der Waals surface area contributed by atoms with E-state index in [1.54, 1.807) is 19.1 Å². The first-order chi connectivity index (χ1) is 9.38. The van der Waals surface area contributed by atoms with Gasteiger partial charge in [0.2, 0.25) is 0 Å². The van der Waals surface area contributed by atoms with E-state index >= 15 is 0 Å². The van der Waals surface area contributed by atoms with Crippen molar-refractivity contribution in [1.29, 1.82) is 0 Å². The van der Waals surface area contributed by atoms with Gasteiger partial charge in [-0.1, -0.05) is 11.6 Å². The predicted molar refractivity (Wildman–Crippen MR) is 77.8 cm³/mol. The Bertz CT molecular complexity index is 643. The van der Waals surface area contributed by atoms with Crippen LogP contribution in [-0.2, 0) is 13.6 Å². The highest BCUT2D eigenvalue weighted by Gasteiger charge is 2.12. The third kappa shape index (κ3) is 2.99. The summed E-state index contributed by atoms with van der Waals surface area (Å²) in [4.78, 5) is 16.2. The van der Waals surface area contributed by atoms with Crippen LogP contribution in [0.1, 0.15) is 33.0 Å². The first kappa shape index (κ1) is 14.5. The van der Waals surface area contributed by atoms with E-state index in [2.05, 4.69) is 15.4 Å². The summed E-state index contributed by atoms with van der Waals surface area (Å²) in [5, 5.41) is 7.53. The van der Waals surface area contributed by atoms with Crippen LogP contribution in [0.3, 0.4) is 0 Å². The van der Waals surface area contributed by atoms with Crippen LogP contribution in [0.15, 0.2) is 12.1 Å². The third-order valence-electron chi connectivity index (χ3n) is 3.27. The molecule has 0 radical (unpaired) electrons. The second-order valence-electron chi connectivity index (χ2n) is 4.78. The Balaban J connectivity index is 2.12. The summed E-state index contributed by atoms with van der Waals surface area (Å²) in [5.41, 5.74) is 4.25. The fourth-order valence-corrected chi connectivity index (χ4v) is 2.35. The standard InChI is InChI=1S/C14H17ClN4O/c1-8-5-11(6-13(15)17-8)14(20)16-7-12-9(2)18-19(4)10(12)3/h5-6H,7H2,1-4H3,(H,16,20). The van der Waals surface area contributed by atoms with E-state index in [0.717, 1.165) is 22.6 Å². The van der Waals surface area contributed by atoms with Gasteiger partial charge in [0.05, 0.1) is 5.69 Å². The number of carbonyl (C=O) groups excluding carboxylic acids is 1. The molecule has 0 fully saturated rings. The highest BCUT2D eigenvalue weighted by atomic mass is 35.5. The van der Waals surface area contributed by atoms with Crippen molar-refractivity contribution < 1.29 is 4.79 Å². The minimum Gasteiger partial charge on any atom is -0.348 e. The van der Waals surface area contributed by atoms with Crippen molar-refractivity contribution in [2.45, 2.75) is 27.3 Å². The van der Waals surface area contributed by atoms with Crippen molar-refractivity contribution >= 4 is 17.5 Å². The molecule has 0 atom stereocenters. The molecule has 0 aromatic carbocycles. The number of nitrogens with zero attached hydrogens (tertiary/aromatic N) is 3. The molecule has 2 heterocycles. The molecule has 0 saturated heterocycles. The van der Waals surface area contributed by atoms with Crippen LogP contribution < -0.4 is 5.32 Å². The fraction of sp³-hybridized carbons (Fsp3) is 0.357. The smallest absolute Gasteiger partial charge is 0.251 e. The van der Waals surface area contributed by atoms with Crippen molar-refractivity contribution in [3.63, 3.8) is 0 Å². The zero-order valence-corrected chi connectivity index (χ0v) is 12.7. The largest absolute Gasteiger partial charge is 0.348 e. The summed E-state index contributed by atoms with van der Waals surface area (Å²) in [6.07, 6.45) is 0. The molecule has 2 rings (SSSR count). The van der Waals surface area contributed by atoms with Gasteiger partial charge in [-0.25, -0.2) is 4.98 Å². The molecule has 2 aromatic rings. The van der Waals surface area contributed by atoms with E-state index in [1.165, 1.54) is 0 Å². The summed E-state index contributed by atoms with van der Waals surface area (Å²) in [7, 11) is 1.89. The molecule has 0 spiro atoms. The first-order valence-electron chi connectivity index (χ1n) is 6.30. The number of hydrogen-bond donors (Lipinski definition) is 1. The van der Waals surface area contributed by atoms with Gasteiger partial charge in [-0.05, 0) is 32.9 Å². The maximum atomic E-state index is 12.1. The third-order valence-corrected chi connectivity index (χ3v) is 3.46. The quantitative estimate of drug-likeness (QED) is 0.883. The number of aromatic nitrogens is 3. The summed E-state index contributed by atoms with van der Waals surface area (Å²) >= 11 is 5.86. The molecule has 2 aromatic heterocycles. The maximum Gasteiger partial charge on any atom is 0.251 e. The van der Waals surface area contributed by atoms with Crippen LogP contribution in [0, 0.1) is 20.8 Å². The van der Waals surface area contributed by atoms with Gasteiger partial charge in [-0.15, -0.1) is 0 Å².